The molecule has 1 fully saturated rings. The van der Waals surface area contributed by atoms with E-state index < -0.39 is 12.7 Å². The number of nitrogens with zero attached hydrogens (tertiary/aromatic N) is 3. The topological polar surface area (TPSA) is 57.2 Å². The molecule has 0 unspecified atom stereocenters. The van der Waals surface area contributed by atoms with Crippen LogP contribution in [0.3, 0.4) is 0 Å². The van der Waals surface area contributed by atoms with Crippen LogP contribution in [0.5, 0.6) is 0 Å². The lowest BCUT2D eigenvalue weighted by Gasteiger charge is -2.33. The molecule has 0 aromatic heterocycles. The van der Waals surface area contributed by atoms with E-state index in [0.29, 0.717) is 52.0 Å². The zero-order valence-electron chi connectivity index (χ0n) is 15.2. The SMILES string of the molecule is CCOC(=O)C1CCN(C(=NC)NCCCN(C)CC(F)(F)F)CC1. The minimum absolute atomic E-state index is 0.0645. The molecule has 9 heteroatoms. The van der Waals surface area contributed by atoms with Crippen LogP contribution in [0.15, 0.2) is 4.99 Å². The third kappa shape index (κ3) is 8.42. The lowest BCUT2D eigenvalue weighted by molar-refractivity contribution is -0.149. The van der Waals surface area contributed by atoms with Gasteiger partial charge in [0.25, 0.3) is 0 Å². The van der Waals surface area contributed by atoms with Crippen molar-refractivity contribution in [3.63, 3.8) is 0 Å². The van der Waals surface area contributed by atoms with Crippen LogP contribution in [0.2, 0.25) is 0 Å². The molecule has 1 aliphatic heterocycles. The van der Waals surface area contributed by atoms with Gasteiger partial charge in [-0.25, -0.2) is 0 Å². The molecule has 1 heterocycles. The van der Waals surface area contributed by atoms with E-state index in [1.165, 1.54) is 11.9 Å². The number of piperidine rings is 1. The number of halogens is 3. The fourth-order valence-electron chi connectivity index (χ4n) is 2.85. The molecule has 1 saturated heterocycles. The molecule has 0 atom stereocenters. The van der Waals surface area contributed by atoms with Crippen molar-refractivity contribution in [2.75, 3.05) is 53.4 Å². The highest BCUT2D eigenvalue weighted by molar-refractivity contribution is 5.80. The second-order valence-corrected chi connectivity index (χ2v) is 6.19. The molecule has 1 rings (SSSR count). The summed E-state index contributed by atoms with van der Waals surface area (Å²) >= 11 is 0. The Labute approximate surface area is 147 Å². The summed E-state index contributed by atoms with van der Waals surface area (Å²) in [5, 5.41) is 3.18. The Kier molecular flexibility index (Phi) is 9.02. The van der Waals surface area contributed by atoms with E-state index in [9.17, 15) is 18.0 Å². The Morgan fingerprint density at radius 1 is 1.36 bits per heavy atom. The molecule has 25 heavy (non-hydrogen) atoms. The van der Waals surface area contributed by atoms with E-state index >= 15 is 0 Å². The molecule has 0 radical (unpaired) electrons. The van der Waals surface area contributed by atoms with Crippen molar-refractivity contribution in [2.45, 2.75) is 32.4 Å². The third-order valence-electron chi connectivity index (χ3n) is 4.08. The smallest absolute Gasteiger partial charge is 0.401 e. The van der Waals surface area contributed by atoms with Gasteiger partial charge in [-0.3, -0.25) is 14.7 Å². The Morgan fingerprint density at radius 2 is 2.00 bits per heavy atom. The van der Waals surface area contributed by atoms with Crippen LogP contribution in [-0.2, 0) is 9.53 Å². The highest BCUT2D eigenvalue weighted by Gasteiger charge is 2.29. The predicted molar refractivity (Wildman–Crippen MR) is 90.5 cm³/mol. The first kappa shape index (κ1) is 21.5. The third-order valence-corrected chi connectivity index (χ3v) is 4.08. The van der Waals surface area contributed by atoms with Crippen LogP contribution in [0.25, 0.3) is 0 Å². The highest BCUT2D eigenvalue weighted by atomic mass is 19.4. The summed E-state index contributed by atoms with van der Waals surface area (Å²) in [7, 11) is 3.14. The van der Waals surface area contributed by atoms with Gasteiger partial charge in [-0.1, -0.05) is 0 Å². The number of rotatable bonds is 7. The molecule has 1 N–H and O–H groups in total. The van der Waals surface area contributed by atoms with Gasteiger partial charge in [0.2, 0.25) is 0 Å². The number of carbonyl (C=O) groups excluding carboxylic acids is 1. The maximum Gasteiger partial charge on any atom is 0.401 e. The van der Waals surface area contributed by atoms with Gasteiger partial charge in [0.05, 0.1) is 19.1 Å². The number of hydrogen-bond donors (Lipinski definition) is 1. The fraction of sp³-hybridized carbons (Fsp3) is 0.875. The summed E-state index contributed by atoms with van der Waals surface area (Å²) in [6.45, 7) is 3.61. The first-order valence-corrected chi connectivity index (χ1v) is 8.64. The number of alkyl halides is 3. The molecule has 0 saturated carbocycles. The zero-order valence-corrected chi connectivity index (χ0v) is 15.2. The van der Waals surface area contributed by atoms with Gasteiger partial charge in [0.1, 0.15) is 0 Å². The molecular formula is C16H29F3N4O2. The second kappa shape index (κ2) is 10.5. The summed E-state index contributed by atoms with van der Waals surface area (Å²) in [6, 6.07) is 0. The van der Waals surface area contributed by atoms with Crippen LogP contribution in [-0.4, -0.2) is 81.3 Å². The van der Waals surface area contributed by atoms with E-state index in [1.807, 2.05) is 0 Å². The Hall–Kier alpha value is -1.51. The van der Waals surface area contributed by atoms with Gasteiger partial charge < -0.3 is 15.0 Å². The van der Waals surface area contributed by atoms with E-state index in [-0.39, 0.29) is 11.9 Å². The number of esters is 1. The van der Waals surface area contributed by atoms with E-state index in [1.54, 1.807) is 14.0 Å². The van der Waals surface area contributed by atoms with Crippen molar-refractivity contribution in [2.24, 2.45) is 10.9 Å². The summed E-state index contributed by atoms with van der Waals surface area (Å²) in [6.07, 6.45) is -2.14. The number of carbonyl (C=O) groups is 1. The van der Waals surface area contributed by atoms with Gasteiger partial charge >= 0.3 is 12.1 Å². The monoisotopic (exact) mass is 366 g/mol. The second-order valence-electron chi connectivity index (χ2n) is 6.19. The van der Waals surface area contributed by atoms with Crippen molar-refractivity contribution < 1.29 is 22.7 Å². The molecule has 0 spiro atoms. The van der Waals surface area contributed by atoms with Crippen LogP contribution in [0.1, 0.15) is 26.2 Å². The standard InChI is InChI=1S/C16H29F3N4O2/c1-4-25-14(24)13-6-10-23(11-7-13)15(20-2)21-8-5-9-22(3)12-16(17,18)19/h13H,4-12H2,1-3H3,(H,20,21). The molecule has 146 valence electrons. The largest absolute Gasteiger partial charge is 0.466 e. The number of ether oxygens (including phenoxy) is 1. The predicted octanol–water partition coefficient (Wildman–Crippen LogP) is 1.72. The van der Waals surface area contributed by atoms with Gasteiger partial charge in [-0.2, -0.15) is 13.2 Å². The lowest BCUT2D eigenvalue weighted by Crippen LogP contribution is -2.47. The minimum Gasteiger partial charge on any atom is -0.466 e. The van der Waals surface area contributed by atoms with Gasteiger partial charge in [0.15, 0.2) is 5.96 Å². The highest BCUT2D eigenvalue weighted by Crippen LogP contribution is 2.19. The summed E-state index contributed by atoms with van der Waals surface area (Å²) in [5.41, 5.74) is 0. The van der Waals surface area contributed by atoms with E-state index in [4.69, 9.17) is 4.74 Å². The summed E-state index contributed by atoms with van der Waals surface area (Å²) in [4.78, 5) is 19.3. The Bertz CT molecular complexity index is 436. The molecule has 0 aromatic carbocycles. The van der Waals surface area contributed by atoms with Crippen molar-refractivity contribution in [3.8, 4) is 0 Å². The average Bonchev–Trinajstić information content (AvgIpc) is 2.54. The Morgan fingerprint density at radius 3 is 2.52 bits per heavy atom. The van der Waals surface area contributed by atoms with Crippen molar-refractivity contribution in [1.82, 2.24) is 15.1 Å². The van der Waals surface area contributed by atoms with Crippen molar-refractivity contribution >= 4 is 11.9 Å². The maximum atomic E-state index is 12.3. The molecule has 0 aromatic rings. The maximum absolute atomic E-state index is 12.3. The minimum atomic E-state index is -4.17. The Balaban J connectivity index is 2.28. The number of nitrogens with one attached hydrogen (secondary N) is 1. The van der Waals surface area contributed by atoms with Crippen molar-refractivity contribution in [3.05, 3.63) is 0 Å². The average molecular weight is 366 g/mol. The van der Waals surface area contributed by atoms with E-state index in [2.05, 4.69) is 15.2 Å². The van der Waals surface area contributed by atoms with Crippen LogP contribution in [0, 0.1) is 5.92 Å². The molecule has 1 aliphatic rings. The normalized spacial score (nSPS) is 17.1. The molecule has 0 bridgehead atoms. The number of likely N-dealkylation sites (tertiary alicyclic amines) is 1. The first-order valence-electron chi connectivity index (χ1n) is 8.64. The van der Waals surface area contributed by atoms with Crippen LogP contribution >= 0.6 is 0 Å². The van der Waals surface area contributed by atoms with Crippen molar-refractivity contribution in [1.29, 1.82) is 0 Å². The first-order chi connectivity index (χ1) is 11.8. The molecule has 0 aliphatic carbocycles. The number of guanidine groups is 1. The fourth-order valence-corrected chi connectivity index (χ4v) is 2.85. The number of hydrogen-bond acceptors (Lipinski definition) is 4. The molecular weight excluding hydrogens is 337 g/mol. The van der Waals surface area contributed by atoms with Crippen LogP contribution in [0.4, 0.5) is 13.2 Å². The zero-order chi connectivity index (χ0) is 18.9. The summed E-state index contributed by atoms with van der Waals surface area (Å²) in [5.74, 6) is 0.518. The lowest BCUT2D eigenvalue weighted by atomic mass is 9.97. The summed E-state index contributed by atoms with van der Waals surface area (Å²) < 4.78 is 41.8. The van der Waals surface area contributed by atoms with Gasteiger partial charge in [-0.15, -0.1) is 0 Å². The van der Waals surface area contributed by atoms with Crippen LogP contribution < -0.4 is 5.32 Å². The van der Waals surface area contributed by atoms with E-state index in [0.717, 1.165) is 5.96 Å². The van der Waals surface area contributed by atoms with Gasteiger partial charge in [-0.05, 0) is 39.8 Å². The number of aliphatic imine (C=N–C) groups is 1. The molecule has 6 nitrogen and oxygen atoms in total. The molecule has 0 amide bonds. The quantitative estimate of drug-likeness (QED) is 0.322. The van der Waals surface area contributed by atoms with Gasteiger partial charge in [0, 0.05) is 26.7 Å².